The molecule has 0 radical (unpaired) electrons. The Kier molecular flexibility index (Phi) is 6.75. The monoisotopic (exact) mass is 208 g/mol. The molecule has 0 aromatic heterocycles. The van der Waals surface area contributed by atoms with Gasteiger partial charge in [-0.1, -0.05) is 0 Å². The van der Waals surface area contributed by atoms with Crippen molar-refractivity contribution in [1.82, 2.24) is 10.4 Å². The third kappa shape index (κ3) is 9.45. The standard InChI is InChI=1S/C7H16N2O3S/c1-9(11)5-3-4-8-7(10)6-13(2)12/h11H,3-6H2,1-2H3,(H,8,10). The maximum atomic E-state index is 10.9. The van der Waals surface area contributed by atoms with Crippen molar-refractivity contribution in [3.05, 3.63) is 0 Å². The van der Waals surface area contributed by atoms with Crippen molar-refractivity contribution in [1.29, 1.82) is 0 Å². The lowest BCUT2D eigenvalue weighted by atomic mass is 10.4. The molecular formula is C7H16N2O3S. The highest BCUT2D eigenvalue weighted by atomic mass is 32.2. The predicted molar refractivity (Wildman–Crippen MR) is 51.0 cm³/mol. The molecule has 0 rings (SSSR count). The van der Waals surface area contributed by atoms with Crippen LogP contribution in [0.2, 0.25) is 0 Å². The zero-order valence-corrected chi connectivity index (χ0v) is 8.76. The van der Waals surface area contributed by atoms with Crippen molar-refractivity contribution in [2.75, 3.05) is 32.1 Å². The van der Waals surface area contributed by atoms with Crippen LogP contribution in [-0.4, -0.2) is 52.5 Å². The fourth-order valence-electron chi connectivity index (χ4n) is 0.771. The molecule has 0 saturated carbocycles. The minimum Gasteiger partial charge on any atom is -0.355 e. The number of nitrogens with one attached hydrogen (secondary N) is 1. The van der Waals surface area contributed by atoms with Gasteiger partial charge in [0.25, 0.3) is 0 Å². The summed E-state index contributed by atoms with van der Waals surface area (Å²) in [5.74, 6) is -0.156. The highest BCUT2D eigenvalue weighted by Crippen LogP contribution is 1.81. The van der Waals surface area contributed by atoms with E-state index in [1.165, 1.54) is 6.26 Å². The smallest absolute Gasteiger partial charge is 0.232 e. The van der Waals surface area contributed by atoms with Gasteiger partial charge >= 0.3 is 0 Å². The molecule has 1 amide bonds. The summed E-state index contributed by atoms with van der Waals surface area (Å²) in [6, 6.07) is 0. The van der Waals surface area contributed by atoms with E-state index < -0.39 is 10.8 Å². The van der Waals surface area contributed by atoms with E-state index in [1.807, 2.05) is 0 Å². The van der Waals surface area contributed by atoms with E-state index in [2.05, 4.69) is 5.32 Å². The largest absolute Gasteiger partial charge is 0.355 e. The number of carbonyl (C=O) groups excluding carboxylic acids is 1. The van der Waals surface area contributed by atoms with Crippen LogP contribution in [0.15, 0.2) is 0 Å². The molecule has 0 bridgehead atoms. The second kappa shape index (κ2) is 6.99. The molecule has 0 saturated heterocycles. The van der Waals surface area contributed by atoms with Gasteiger partial charge in [0.05, 0.1) is 0 Å². The number of hydrogen-bond donors (Lipinski definition) is 2. The molecule has 5 nitrogen and oxygen atoms in total. The number of nitrogens with zero attached hydrogens (tertiary/aromatic N) is 1. The molecule has 0 aromatic carbocycles. The zero-order valence-electron chi connectivity index (χ0n) is 7.95. The van der Waals surface area contributed by atoms with Crippen molar-refractivity contribution in [3.8, 4) is 0 Å². The summed E-state index contributed by atoms with van der Waals surface area (Å²) in [4.78, 5) is 10.9. The first-order chi connectivity index (χ1) is 6.02. The van der Waals surface area contributed by atoms with E-state index in [1.54, 1.807) is 7.05 Å². The Morgan fingerprint density at radius 1 is 1.62 bits per heavy atom. The Morgan fingerprint density at radius 2 is 2.23 bits per heavy atom. The number of carbonyl (C=O) groups is 1. The molecule has 0 spiro atoms. The van der Waals surface area contributed by atoms with Gasteiger partial charge in [-0.15, -0.1) is 0 Å². The van der Waals surface area contributed by atoms with Crippen LogP contribution in [0.3, 0.4) is 0 Å². The minimum atomic E-state index is -1.08. The van der Waals surface area contributed by atoms with Gasteiger partial charge in [0.1, 0.15) is 5.75 Å². The molecule has 0 fully saturated rings. The van der Waals surface area contributed by atoms with Gasteiger partial charge < -0.3 is 10.5 Å². The normalized spacial score (nSPS) is 12.9. The summed E-state index contributed by atoms with van der Waals surface area (Å²) in [5, 5.41) is 12.4. The average Bonchev–Trinajstić information content (AvgIpc) is 1.96. The summed E-state index contributed by atoms with van der Waals surface area (Å²) in [5.41, 5.74) is 0. The molecular weight excluding hydrogens is 192 g/mol. The lowest BCUT2D eigenvalue weighted by Crippen LogP contribution is -2.30. The van der Waals surface area contributed by atoms with Crippen LogP contribution in [0.1, 0.15) is 6.42 Å². The van der Waals surface area contributed by atoms with Crippen LogP contribution < -0.4 is 5.32 Å². The number of rotatable bonds is 6. The van der Waals surface area contributed by atoms with Gasteiger partial charge in [-0.25, -0.2) is 0 Å². The van der Waals surface area contributed by atoms with Crippen LogP contribution in [-0.2, 0) is 15.6 Å². The molecule has 0 aliphatic heterocycles. The Morgan fingerprint density at radius 3 is 2.69 bits per heavy atom. The van der Waals surface area contributed by atoms with Crippen molar-refractivity contribution < 1.29 is 14.2 Å². The van der Waals surface area contributed by atoms with E-state index in [-0.39, 0.29) is 11.7 Å². The Labute approximate surface area is 80.5 Å². The first kappa shape index (κ1) is 12.5. The maximum Gasteiger partial charge on any atom is 0.232 e. The average molecular weight is 208 g/mol. The van der Waals surface area contributed by atoms with Crippen LogP contribution in [0.4, 0.5) is 0 Å². The summed E-state index contributed by atoms with van der Waals surface area (Å²) < 4.78 is 10.6. The number of amides is 1. The SMILES string of the molecule is CN(O)CCCNC(=O)CS(C)=O. The predicted octanol–water partition coefficient (Wildman–Crippen LogP) is -0.808. The third-order valence-electron chi connectivity index (χ3n) is 1.32. The highest BCUT2D eigenvalue weighted by molar-refractivity contribution is 7.85. The van der Waals surface area contributed by atoms with Crippen LogP contribution in [0.25, 0.3) is 0 Å². The molecule has 6 heteroatoms. The summed E-state index contributed by atoms with van der Waals surface area (Å²) >= 11 is 0. The van der Waals surface area contributed by atoms with E-state index >= 15 is 0 Å². The van der Waals surface area contributed by atoms with Crippen molar-refractivity contribution in [2.45, 2.75) is 6.42 Å². The second-order valence-corrected chi connectivity index (χ2v) is 4.24. The minimum absolute atomic E-state index is 0.0506. The van der Waals surface area contributed by atoms with E-state index in [0.717, 1.165) is 5.06 Å². The molecule has 0 aliphatic rings. The molecule has 0 aliphatic carbocycles. The molecule has 1 atom stereocenters. The quantitative estimate of drug-likeness (QED) is 0.442. The molecule has 0 heterocycles. The molecule has 2 N–H and O–H groups in total. The zero-order chi connectivity index (χ0) is 10.3. The molecule has 13 heavy (non-hydrogen) atoms. The first-order valence-corrected chi connectivity index (χ1v) is 5.72. The van der Waals surface area contributed by atoms with Crippen molar-refractivity contribution in [2.24, 2.45) is 0 Å². The fraction of sp³-hybridized carbons (Fsp3) is 0.857. The summed E-state index contributed by atoms with van der Waals surface area (Å²) in [6.07, 6.45) is 2.16. The number of hydroxylamine groups is 2. The van der Waals surface area contributed by atoms with Gasteiger partial charge in [-0.3, -0.25) is 9.00 Å². The van der Waals surface area contributed by atoms with Gasteiger partial charge in [-0.05, 0) is 6.42 Å². The van der Waals surface area contributed by atoms with Gasteiger partial charge in [-0.2, -0.15) is 5.06 Å². The van der Waals surface area contributed by atoms with E-state index in [9.17, 15) is 9.00 Å². The topological polar surface area (TPSA) is 69.6 Å². The second-order valence-electron chi connectivity index (χ2n) is 2.80. The highest BCUT2D eigenvalue weighted by Gasteiger charge is 2.02. The fourth-order valence-corrected chi connectivity index (χ4v) is 1.24. The van der Waals surface area contributed by atoms with E-state index in [4.69, 9.17) is 5.21 Å². The van der Waals surface area contributed by atoms with Crippen molar-refractivity contribution in [3.63, 3.8) is 0 Å². The Balaban J connectivity index is 3.32. The molecule has 0 aromatic rings. The van der Waals surface area contributed by atoms with Gasteiger partial charge in [0, 0.05) is 37.2 Å². The Bertz CT molecular complexity index is 185. The van der Waals surface area contributed by atoms with Crippen LogP contribution in [0, 0.1) is 0 Å². The maximum absolute atomic E-state index is 10.9. The van der Waals surface area contributed by atoms with Crippen LogP contribution >= 0.6 is 0 Å². The molecule has 78 valence electrons. The summed E-state index contributed by atoms with van der Waals surface area (Å²) in [7, 11) is 0.463. The molecule has 1 unspecified atom stereocenters. The first-order valence-electron chi connectivity index (χ1n) is 3.99. The van der Waals surface area contributed by atoms with Gasteiger partial charge in [0.15, 0.2) is 0 Å². The number of hydrogen-bond acceptors (Lipinski definition) is 4. The summed E-state index contributed by atoms with van der Waals surface area (Å²) in [6.45, 7) is 1.01. The lowest BCUT2D eigenvalue weighted by molar-refractivity contribution is -0.118. The Hall–Kier alpha value is -0.460. The van der Waals surface area contributed by atoms with Crippen LogP contribution in [0.5, 0.6) is 0 Å². The van der Waals surface area contributed by atoms with Crippen molar-refractivity contribution >= 4 is 16.7 Å². The van der Waals surface area contributed by atoms with E-state index in [0.29, 0.717) is 19.5 Å². The van der Waals surface area contributed by atoms with Gasteiger partial charge in [0.2, 0.25) is 5.91 Å². The lowest BCUT2D eigenvalue weighted by Gasteiger charge is -2.07. The third-order valence-corrected chi connectivity index (χ3v) is 1.98.